The molecule has 0 unspecified atom stereocenters. The van der Waals surface area contributed by atoms with Crippen LogP contribution in [0.1, 0.15) is 5.69 Å². The van der Waals surface area contributed by atoms with Gasteiger partial charge in [0.2, 0.25) is 0 Å². The fourth-order valence-electron chi connectivity index (χ4n) is 3.05. The molecule has 3 aromatic carbocycles. The molecule has 1 heterocycles. The van der Waals surface area contributed by atoms with Gasteiger partial charge in [0.15, 0.2) is 0 Å². The molecule has 0 spiro atoms. The van der Waals surface area contributed by atoms with Crippen molar-refractivity contribution in [2.45, 2.75) is 16.8 Å². The van der Waals surface area contributed by atoms with Crippen molar-refractivity contribution < 1.29 is 0 Å². The lowest BCUT2D eigenvalue weighted by molar-refractivity contribution is 0.915. The summed E-state index contributed by atoms with van der Waals surface area (Å²) >= 11 is 5.34. The van der Waals surface area contributed by atoms with Crippen LogP contribution in [0, 0.1) is 6.92 Å². The largest absolute Gasteiger partial charge is 0.308 e. The summed E-state index contributed by atoms with van der Waals surface area (Å²) in [6.45, 7) is 2.17. The summed E-state index contributed by atoms with van der Waals surface area (Å²) in [6.07, 6.45) is 0. The van der Waals surface area contributed by atoms with Gasteiger partial charge in [-0.25, -0.2) is 0 Å². The fraction of sp³-hybridized carbons (Fsp3) is 0.0435. The van der Waals surface area contributed by atoms with Crippen LogP contribution in [0.25, 0.3) is 16.8 Å². The summed E-state index contributed by atoms with van der Waals surface area (Å²) in [7, 11) is 0. The number of nitrogens with zero attached hydrogens (tertiary/aromatic N) is 1. The van der Waals surface area contributed by atoms with Gasteiger partial charge >= 0.3 is 0 Å². The Morgan fingerprint density at radius 2 is 1.38 bits per heavy atom. The van der Waals surface area contributed by atoms with E-state index in [1.807, 2.05) is 0 Å². The highest BCUT2D eigenvalue weighted by Crippen LogP contribution is 2.40. The molecular weight excluding hydrogens is 402 g/mol. The molecule has 0 fully saturated rings. The molecule has 0 radical (unpaired) electrons. The van der Waals surface area contributed by atoms with Crippen LogP contribution in [0.4, 0.5) is 0 Å². The zero-order valence-corrected chi connectivity index (χ0v) is 16.8. The van der Waals surface area contributed by atoms with Crippen LogP contribution in [-0.4, -0.2) is 4.57 Å². The number of hydrogen-bond donors (Lipinski definition) is 0. The first-order valence-corrected chi connectivity index (χ1v) is 10.1. The van der Waals surface area contributed by atoms with Crippen LogP contribution in [0.3, 0.4) is 0 Å². The molecule has 0 N–H and O–H groups in total. The maximum absolute atomic E-state index is 3.54. The van der Waals surface area contributed by atoms with E-state index >= 15 is 0 Å². The molecule has 0 saturated carbocycles. The predicted molar refractivity (Wildman–Crippen MR) is 114 cm³/mol. The Morgan fingerprint density at radius 1 is 0.769 bits per heavy atom. The van der Waals surface area contributed by atoms with Gasteiger partial charge in [0.05, 0.1) is 5.03 Å². The molecular formula is C23H18BrNS. The second kappa shape index (κ2) is 7.56. The summed E-state index contributed by atoms with van der Waals surface area (Å²) < 4.78 is 3.44. The van der Waals surface area contributed by atoms with Gasteiger partial charge in [-0.15, -0.1) is 0 Å². The number of para-hydroxylation sites is 1. The SMILES string of the molecule is Cc1cc(-c2ccc(Br)cc2)c(Sc2ccccc2)n1-c1ccccc1. The monoisotopic (exact) mass is 419 g/mol. The highest BCUT2D eigenvalue weighted by Gasteiger charge is 2.17. The summed E-state index contributed by atoms with van der Waals surface area (Å²) in [5.74, 6) is 0. The van der Waals surface area contributed by atoms with E-state index in [0.717, 1.165) is 4.47 Å². The average molecular weight is 420 g/mol. The molecule has 4 aromatic rings. The van der Waals surface area contributed by atoms with Crippen molar-refractivity contribution in [1.82, 2.24) is 4.57 Å². The summed E-state index contributed by atoms with van der Waals surface area (Å²) in [5, 5.41) is 1.24. The van der Waals surface area contributed by atoms with Crippen molar-refractivity contribution in [3.05, 3.63) is 101 Å². The first-order chi connectivity index (χ1) is 12.7. The van der Waals surface area contributed by atoms with Gasteiger partial charge in [-0.2, -0.15) is 0 Å². The van der Waals surface area contributed by atoms with Crippen LogP contribution in [-0.2, 0) is 0 Å². The van der Waals surface area contributed by atoms with Gasteiger partial charge in [0, 0.05) is 26.3 Å². The molecule has 1 aromatic heterocycles. The number of aromatic nitrogens is 1. The standard InChI is InChI=1S/C23H18BrNS/c1-17-16-22(18-12-14-19(24)15-13-18)23(26-21-10-6-3-7-11-21)25(17)20-8-4-2-5-9-20/h2-16H,1H3. The minimum atomic E-state index is 1.10. The molecule has 0 aliphatic rings. The van der Waals surface area contributed by atoms with Gasteiger partial charge in [-0.05, 0) is 55.0 Å². The Hall–Kier alpha value is -2.23. The van der Waals surface area contributed by atoms with E-state index in [1.54, 1.807) is 11.8 Å². The van der Waals surface area contributed by atoms with Crippen LogP contribution in [0.15, 0.2) is 105 Å². The molecule has 3 heteroatoms. The van der Waals surface area contributed by atoms with E-state index in [-0.39, 0.29) is 0 Å². The number of hydrogen-bond acceptors (Lipinski definition) is 1. The number of aryl methyl sites for hydroxylation is 1. The quantitative estimate of drug-likeness (QED) is 0.334. The molecule has 26 heavy (non-hydrogen) atoms. The van der Waals surface area contributed by atoms with Crippen LogP contribution in [0.2, 0.25) is 0 Å². The summed E-state index contributed by atoms with van der Waals surface area (Å²) in [4.78, 5) is 1.24. The van der Waals surface area contributed by atoms with E-state index < -0.39 is 0 Å². The topological polar surface area (TPSA) is 4.93 Å². The summed E-state index contributed by atoms with van der Waals surface area (Å²) in [6, 6.07) is 31.9. The first-order valence-electron chi connectivity index (χ1n) is 8.49. The van der Waals surface area contributed by atoms with E-state index in [9.17, 15) is 0 Å². The first kappa shape index (κ1) is 17.2. The maximum Gasteiger partial charge on any atom is 0.0924 e. The van der Waals surface area contributed by atoms with Crippen molar-refractivity contribution in [3.63, 3.8) is 0 Å². The number of halogens is 1. The minimum absolute atomic E-state index is 1.10. The third-order valence-corrected chi connectivity index (χ3v) is 5.90. The van der Waals surface area contributed by atoms with E-state index in [4.69, 9.17) is 0 Å². The smallest absolute Gasteiger partial charge is 0.0924 e. The van der Waals surface area contributed by atoms with Crippen molar-refractivity contribution in [3.8, 4) is 16.8 Å². The Kier molecular flexibility index (Phi) is 5.00. The molecule has 0 amide bonds. The third-order valence-electron chi connectivity index (χ3n) is 4.27. The predicted octanol–water partition coefficient (Wildman–Crippen LogP) is 7.37. The number of rotatable bonds is 4. The lowest BCUT2D eigenvalue weighted by Gasteiger charge is -2.13. The third kappa shape index (κ3) is 3.50. The van der Waals surface area contributed by atoms with E-state index in [0.29, 0.717) is 0 Å². The van der Waals surface area contributed by atoms with Gasteiger partial charge < -0.3 is 4.57 Å². The Labute approximate surface area is 166 Å². The van der Waals surface area contributed by atoms with Gasteiger partial charge in [0.1, 0.15) is 0 Å². The maximum atomic E-state index is 3.54. The van der Waals surface area contributed by atoms with E-state index in [2.05, 4.69) is 118 Å². The van der Waals surface area contributed by atoms with Crippen molar-refractivity contribution in [2.24, 2.45) is 0 Å². The van der Waals surface area contributed by atoms with Crippen molar-refractivity contribution >= 4 is 27.7 Å². The molecule has 0 aliphatic heterocycles. The lowest BCUT2D eigenvalue weighted by Crippen LogP contribution is -1.98. The summed E-state index contributed by atoms with van der Waals surface area (Å²) in [5.41, 5.74) is 4.90. The molecule has 1 nitrogen and oxygen atoms in total. The normalized spacial score (nSPS) is 10.8. The van der Waals surface area contributed by atoms with E-state index in [1.165, 1.54) is 32.4 Å². The zero-order chi connectivity index (χ0) is 17.9. The van der Waals surface area contributed by atoms with Crippen LogP contribution in [0.5, 0.6) is 0 Å². The van der Waals surface area contributed by atoms with Crippen LogP contribution < -0.4 is 0 Å². The lowest BCUT2D eigenvalue weighted by atomic mass is 10.1. The number of benzene rings is 3. The molecule has 0 bridgehead atoms. The highest BCUT2D eigenvalue weighted by atomic mass is 79.9. The van der Waals surface area contributed by atoms with Gasteiger partial charge in [-0.1, -0.05) is 76.2 Å². The molecule has 4 rings (SSSR count). The fourth-order valence-corrected chi connectivity index (χ4v) is 4.46. The van der Waals surface area contributed by atoms with Crippen LogP contribution >= 0.6 is 27.7 Å². The molecule has 0 aliphatic carbocycles. The minimum Gasteiger partial charge on any atom is -0.308 e. The molecule has 0 saturated heterocycles. The zero-order valence-electron chi connectivity index (χ0n) is 14.4. The Balaban J connectivity index is 1.90. The highest BCUT2D eigenvalue weighted by molar-refractivity contribution is 9.10. The Bertz CT molecular complexity index is 1010. The second-order valence-corrected chi connectivity index (χ2v) is 8.08. The average Bonchev–Trinajstić information content (AvgIpc) is 3.00. The second-order valence-electron chi connectivity index (χ2n) is 6.10. The van der Waals surface area contributed by atoms with Crippen molar-refractivity contribution in [2.75, 3.05) is 0 Å². The van der Waals surface area contributed by atoms with Gasteiger partial charge in [-0.3, -0.25) is 0 Å². The van der Waals surface area contributed by atoms with Gasteiger partial charge in [0.25, 0.3) is 0 Å². The molecule has 128 valence electrons. The molecule has 0 atom stereocenters. The Morgan fingerprint density at radius 3 is 2.04 bits per heavy atom. The van der Waals surface area contributed by atoms with Crippen molar-refractivity contribution in [1.29, 1.82) is 0 Å².